The van der Waals surface area contributed by atoms with Gasteiger partial charge < -0.3 is 10.4 Å². The highest BCUT2D eigenvalue weighted by Crippen LogP contribution is 2.26. The topological polar surface area (TPSA) is 83.5 Å². The highest BCUT2D eigenvalue weighted by Gasteiger charge is 2.27. The number of carbonyl (C=O) groups is 3. The fourth-order valence-electron chi connectivity index (χ4n) is 2.09. The van der Waals surface area contributed by atoms with Crippen LogP contribution >= 0.6 is 0 Å². The highest BCUT2D eigenvalue weighted by atomic mass is 16.4. The van der Waals surface area contributed by atoms with Crippen molar-refractivity contribution in [2.75, 3.05) is 5.32 Å². The van der Waals surface area contributed by atoms with Crippen molar-refractivity contribution in [1.29, 1.82) is 0 Å². The van der Waals surface area contributed by atoms with E-state index in [1.165, 1.54) is 6.92 Å². The molecule has 2 atom stereocenters. The van der Waals surface area contributed by atoms with Crippen LogP contribution in [0.4, 0.5) is 5.69 Å². The van der Waals surface area contributed by atoms with Crippen LogP contribution < -0.4 is 5.32 Å². The summed E-state index contributed by atoms with van der Waals surface area (Å²) in [6.45, 7) is 3.13. The molecule has 19 heavy (non-hydrogen) atoms. The van der Waals surface area contributed by atoms with Crippen LogP contribution in [0.15, 0.2) is 18.2 Å². The van der Waals surface area contributed by atoms with Gasteiger partial charge in [-0.2, -0.15) is 0 Å². The van der Waals surface area contributed by atoms with Crippen molar-refractivity contribution in [2.24, 2.45) is 11.8 Å². The maximum atomic E-state index is 12.2. The van der Waals surface area contributed by atoms with Gasteiger partial charge in [0.25, 0.3) is 0 Å². The molecule has 1 aromatic rings. The van der Waals surface area contributed by atoms with Crippen LogP contribution in [-0.2, 0) is 16.0 Å². The van der Waals surface area contributed by atoms with Crippen molar-refractivity contribution < 1.29 is 19.5 Å². The Morgan fingerprint density at radius 3 is 2.58 bits per heavy atom. The number of carbonyl (C=O) groups excluding carboxylic acids is 2. The fraction of sp³-hybridized carbons (Fsp3) is 0.357. The van der Waals surface area contributed by atoms with Gasteiger partial charge in [0.15, 0.2) is 5.78 Å². The minimum Gasteiger partial charge on any atom is -0.481 e. The molecule has 2 unspecified atom stereocenters. The average Bonchev–Trinajstić information content (AvgIpc) is 2.74. The number of benzene rings is 1. The van der Waals surface area contributed by atoms with Gasteiger partial charge in [0, 0.05) is 17.2 Å². The third-order valence-corrected chi connectivity index (χ3v) is 3.57. The Balaban J connectivity index is 2.24. The number of carboxylic acids is 1. The van der Waals surface area contributed by atoms with Gasteiger partial charge in [-0.05, 0) is 23.8 Å². The minimum atomic E-state index is -0.987. The molecule has 1 aliphatic heterocycles. The molecule has 0 bridgehead atoms. The molecule has 100 valence electrons. The molecule has 0 saturated heterocycles. The molecule has 0 aromatic heterocycles. The first-order chi connectivity index (χ1) is 8.90. The molecule has 1 aliphatic rings. The SMILES string of the molecule is CC(C(=O)O)C(C)C(=O)c1ccc2c(c1)CC(=O)N2. The van der Waals surface area contributed by atoms with Crippen LogP contribution in [0.5, 0.6) is 0 Å². The van der Waals surface area contributed by atoms with Crippen LogP contribution in [0.3, 0.4) is 0 Å². The summed E-state index contributed by atoms with van der Waals surface area (Å²) in [7, 11) is 0. The van der Waals surface area contributed by atoms with Gasteiger partial charge in [0.2, 0.25) is 5.91 Å². The maximum absolute atomic E-state index is 12.2. The number of amides is 1. The monoisotopic (exact) mass is 261 g/mol. The van der Waals surface area contributed by atoms with Gasteiger partial charge in [0.1, 0.15) is 0 Å². The van der Waals surface area contributed by atoms with Crippen LogP contribution in [0.1, 0.15) is 29.8 Å². The van der Waals surface area contributed by atoms with Gasteiger partial charge in [-0.3, -0.25) is 14.4 Å². The zero-order valence-corrected chi connectivity index (χ0v) is 10.8. The van der Waals surface area contributed by atoms with Crippen molar-refractivity contribution in [3.63, 3.8) is 0 Å². The molecule has 1 amide bonds. The summed E-state index contributed by atoms with van der Waals surface area (Å²) < 4.78 is 0. The zero-order valence-electron chi connectivity index (χ0n) is 10.8. The summed E-state index contributed by atoms with van der Waals surface area (Å²) in [5.41, 5.74) is 1.96. The third-order valence-electron chi connectivity index (χ3n) is 3.57. The molecule has 5 nitrogen and oxygen atoms in total. The third kappa shape index (κ3) is 2.50. The van der Waals surface area contributed by atoms with Gasteiger partial charge in [0.05, 0.1) is 12.3 Å². The van der Waals surface area contributed by atoms with Crippen LogP contribution in [0.25, 0.3) is 0 Å². The molecule has 0 saturated carbocycles. The molecular formula is C14H15NO4. The second kappa shape index (κ2) is 4.84. The number of hydrogen-bond acceptors (Lipinski definition) is 3. The Morgan fingerprint density at radius 1 is 1.26 bits per heavy atom. The summed E-state index contributed by atoms with van der Waals surface area (Å²) in [6, 6.07) is 4.98. The molecular weight excluding hydrogens is 246 g/mol. The van der Waals surface area contributed by atoms with Crippen molar-refractivity contribution in [2.45, 2.75) is 20.3 Å². The molecule has 1 heterocycles. The van der Waals surface area contributed by atoms with Gasteiger partial charge in [-0.15, -0.1) is 0 Å². The predicted octanol–water partition coefficient (Wildman–Crippen LogP) is 1.72. The molecule has 2 rings (SSSR count). The molecule has 0 aliphatic carbocycles. The van der Waals surface area contributed by atoms with Crippen molar-refractivity contribution >= 4 is 23.3 Å². The first-order valence-electron chi connectivity index (χ1n) is 6.10. The normalized spacial score (nSPS) is 16.4. The van der Waals surface area contributed by atoms with E-state index in [-0.39, 0.29) is 18.1 Å². The molecule has 1 aromatic carbocycles. The van der Waals surface area contributed by atoms with Crippen LogP contribution in [0.2, 0.25) is 0 Å². The molecule has 0 radical (unpaired) electrons. The summed E-state index contributed by atoms with van der Waals surface area (Å²) in [5, 5.41) is 11.6. The maximum Gasteiger partial charge on any atom is 0.306 e. The van der Waals surface area contributed by atoms with Gasteiger partial charge >= 0.3 is 5.97 Å². The molecule has 2 N–H and O–H groups in total. The van der Waals surface area contributed by atoms with E-state index in [9.17, 15) is 14.4 Å². The number of hydrogen-bond donors (Lipinski definition) is 2. The van der Waals surface area contributed by atoms with Crippen LogP contribution in [0, 0.1) is 11.8 Å². The van der Waals surface area contributed by atoms with E-state index in [4.69, 9.17) is 5.11 Å². The minimum absolute atomic E-state index is 0.0912. The van der Waals surface area contributed by atoms with Gasteiger partial charge in [-0.25, -0.2) is 0 Å². The van der Waals surface area contributed by atoms with E-state index in [0.29, 0.717) is 5.56 Å². The smallest absolute Gasteiger partial charge is 0.306 e. The fourth-order valence-corrected chi connectivity index (χ4v) is 2.09. The second-order valence-corrected chi connectivity index (χ2v) is 4.88. The van der Waals surface area contributed by atoms with E-state index in [2.05, 4.69) is 5.32 Å². The first-order valence-corrected chi connectivity index (χ1v) is 6.10. The summed E-state index contributed by atoms with van der Waals surface area (Å²) in [5.74, 6) is -2.62. The summed E-state index contributed by atoms with van der Waals surface area (Å²) in [4.78, 5) is 34.3. The zero-order chi connectivity index (χ0) is 14.2. The summed E-state index contributed by atoms with van der Waals surface area (Å²) >= 11 is 0. The molecule has 0 spiro atoms. The van der Waals surface area contributed by atoms with Crippen LogP contribution in [-0.4, -0.2) is 22.8 Å². The Morgan fingerprint density at radius 2 is 1.95 bits per heavy atom. The number of ketones is 1. The lowest BCUT2D eigenvalue weighted by Crippen LogP contribution is -2.25. The van der Waals surface area contributed by atoms with Crippen molar-refractivity contribution in [3.8, 4) is 0 Å². The largest absolute Gasteiger partial charge is 0.481 e. The van der Waals surface area contributed by atoms with E-state index in [1.807, 2.05) is 0 Å². The lowest BCUT2D eigenvalue weighted by Gasteiger charge is -2.15. The molecule has 0 fully saturated rings. The number of rotatable bonds is 4. The lowest BCUT2D eigenvalue weighted by molar-refractivity contribution is -0.142. The first kappa shape index (κ1) is 13.3. The number of Topliss-reactive ketones (excluding diaryl/α,β-unsaturated/α-hetero) is 1. The van der Waals surface area contributed by atoms with E-state index in [0.717, 1.165) is 11.3 Å². The number of anilines is 1. The highest BCUT2D eigenvalue weighted by molar-refractivity contribution is 6.03. The molecule has 5 heteroatoms. The van der Waals surface area contributed by atoms with Crippen molar-refractivity contribution in [3.05, 3.63) is 29.3 Å². The Hall–Kier alpha value is -2.17. The number of fused-ring (bicyclic) bond motifs is 1. The Kier molecular flexibility index (Phi) is 3.38. The Bertz CT molecular complexity index is 565. The standard InChI is InChI=1S/C14H15NO4/c1-7(8(2)14(18)19)13(17)9-3-4-11-10(5-9)6-12(16)15-11/h3-5,7-8H,6H2,1-2H3,(H,15,16)(H,18,19). The van der Waals surface area contributed by atoms with E-state index in [1.54, 1.807) is 25.1 Å². The quantitative estimate of drug-likeness (QED) is 0.808. The average molecular weight is 261 g/mol. The Labute approximate surface area is 110 Å². The second-order valence-electron chi connectivity index (χ2n) is 4.88. The number of aliphatic carboxylic acids is 1. The van der Waals surface area contributed by atoms with E-state index < -0.39 is 17.8 Å². The van der Waals surface area contributed by atoms with Gasteiger partial charge in [-0.1, -0.05) is 13.8 Å². The lowest BCUT2D eigenvalue weighted by atomic mass is 9.88. The predicted molar refractivity (Wildman–Crippen MR) is 69.1 cm³/mol. The summed E-state index contributed by atoms with van der Waals surface area (Å²) in [6.07, 6.45) is 0.263. The number of nitrogens with one attached hydrogen (secondary N) is 1. The number of carboxylic acid groups (broad SMARTS) is 1. The van der Waals surface area contributed by atoms with E-state index >= 15 is 0 Å². The van der Waals surface area contributed by atoms with Crippen molar-refractivity contribution in [1.82, 2.24) is 0 Å².